The van der Waals surface area contributed by atoms with Crippen molar-refractivity contribution in [1.82, 2.24) is 9.27 Å². The zero-order valence-corrected chi connectivity index (χ0v) is 20.1. The molecule has 0 bridgehead atoms. The third-order valence-electron chi connectivity index (χ3n) is 6.38. The molecule has 3 aromatic carbocycles. The number of phenolic OH excluding ortho intramolecular Hbond substituents is 1. The molecule has 0 spiro atoms. The van der Waals surface area contributed by atoms with E-state index in [-0.39, 0.29) is 23.4 Å². The summed E-state index contributed by atoms with van der Waals surface area (Å²) in [5.41, 5.74) is 1.14. The molecule has 1 aliphatic rings. The van der Waals surface area contributed by atoms with Gasteiger partial charge in [0, 0.05) is 42.7 Å². The monoisotopic (exact) mass is 481 g/mol. The zero-order chi connectivity index (χ0) is 23.3. The first-order valence-electron chi connectivity index (χ1n) is 11.0. The zero-order valence-electron chi connectivity index (χ0n) is 18.6. The van der Waals surface area contributed by atoms with Crippen LogP contribution in [0, 0.1) is 5.82 Å². The van der Waals surface area contributed by atoms with Crippen molar-refractivity contribution in [1.29, 1.82) is 0 Å². The average molecular weight is 482 g/mol. The fourth-order valence-corrected chi connectivity index (χ4v) is 6.46. The maximum absolute atomic E-state index is 16.0. The highest BCUT2D eigenvalue weighted by Gasteiger charge is 2.32. The van der Waals surface area contributed by atoms with Gasteiger partial charge in [0.1, 0.15) is 16.3 Å². The fraction of sp³-hybridized carbons (Fsp3) is 0.269. The maximum atomic E-state index is 16.0. The normalized spacial score (nSPS) is 19.5. The number of fused-ring (bicyclic) bond motifs is 2. The van der Waals surface area contributed by atoms with Gasteiger partial charge in [-0.05, 0) is 59.9 Å². The molecule has 4 nitrogen and oxygen atoms in total. The van der Waals surface area contributed by atoms with Gasteiger partial charge in [0.05, 0.1) is 5.02 Å². The third-order valence-corrected chi connectivity index (χ3v) is 7.55. The van der Waals surface area contributed by atoms with Crippen molar-refractivity contribution in [3.8, 4) is 16.9 Å². The lowest BCUT2D eigenvalue weighted by Gasteiger charge is -2.45. The van der Waals surface area contributed by atoms with E-state index in [1.54, 1.807) is 12.1 Å². The number of aromatic hydroxyl groups is 1. The number of phenols is 1. The van der Waals surface area contributed by atoms with Crippen molar-refractivity contribution in [2.75, 3.05) is 24.5 Å². The van der Waals surface area contributed by atoms with Gasteiger partial charge >= 0.3 is 0 Å². The second kappa shape index (κ2) is 8.60. The smallest absolute Gasteiger partial charge is 0.159 e. The van der Waals surface area contributed by atoms with E-state index in [0.717, 1.165) is 40.8 Å². The summed E-state index contributed by atoms with van der Waals surface area (Å²) in [6.07, 6.45) is 1.93. The van der Waals surface area contributed by atoms with E-state index in [2.05, 4.69) is 34.6 Å². The van der Waals surface area contributed by atoms with Crippen LogP contribution in [0.4, 0.5) is 9.39 Å². The number of halogens is 2. The van der Waals surface area contributed by atoms with Crippen molar-refractivity contribution in [3.63, 3.8) is 0 Å². The molecule has 0 unspecified atom stereocenters. The van der Waals surface area contributed by atoms with Crippen LogP contribution in [0.15, 0.2) is 55.1 Å². The number of anilines is 1. The van der Waals surface area contributed by atoms with Crippen molar-refractivity contribution < 1.29 is 9.50 Å². The molecule has 2 heterocycles. The number of piperazine rings is 1. The van der Waals surface area contributed by atoms with Gasteiger partial charge in [-0.15, -0.1) is 6.58 Å². The highest BCUT2D eigenvalue weighted by atomic mass is 35.5. The summed E-state index contributed by atoms with van der Waals surface area (Å²) in [6, 6.07) is 13.1. The Morgan fingerprint density at radius 2 is 1.91 bits per heavy atom. The molecule has 33 heavy (non-hydrogen) atoms. The summed E-state index contributed by atoms with van der Waals surface area (Å²) in [5, 5.41) is 13.9. The van der Waals surface area contributed by atoms with E-state index >= 15 is 4.39 Å². The molecule has 0 radical (unpaired) electrons. The second-order valence-electron chi connectivity index (χ2n) is 8.76. The van der Waals surface area contributed by atoms with Gasteiger partial charge in [0.2, 0.25) is 0 Å². The van der Waals surface area contributed by atoms with Crippen molar-refractivity contribution >= 4 is 49.8 Å². The Bertz CT molecular complexity index is 1360. The average Bonchev–Trinajstić information content (AvgIpc) is 3.17. The Balaban J connectivity index is 1.64. The lowest BCUT2D eigenvalue weighted by atomic mass is 9.96. The molecule has 1 N–H and O–H groups in total. The standard InChI is InChI=1S/C26H25ClFN3OS/c1-4-9-30-13-15(2)31(16(3)14-30)26-21-12-22(27)23(24(28)25(21)29-33-26)20-11-18(32)10-17-7-5-6-8-19(17)20/h4-8,10-12,15-16,32H,1,9,13-14H2,2-3H3/t15-,16-/m1/s1. The fourth-order valence-electron chi connectivity index (χ4n) is 5.10. The first kappa shape index (κ1) is 22.1. The molecule has 2 atom stereocenters. The highest BCUT2D eigenvalue weighted by molar-refractivity contribution is 7.11. The van der Waals surface area contributed by atoms with Crippen molar-refractivity contribution in [3.05, 3.63) is 66.0 Å². The topological polar surface area (TPSA) is 39.6 Å². The van der Waals surface area contributed by atoms with Gasteiger partial charge in [-0.2, -0.15) is 4.37 Å². The third kappa shape index (κ3) is 3.76. The van der Waals surface area contributed by atoms with Crippen LogP contribution in [0.1, 0.15) is 13.8 Å². The first-order valence-corrected chi connectivity index (χ1v) is 12.1. The van der Waals surface area contributed by atoms with Gasteiger partial charge in [-0.1, -0.05) is 41.9 Å². The minimum absolute atomic E-state index is 0.0678. The van der Waals surface area contributed by atoms with Crippen molar-refractivity contribution in [2.24, 2.45) is 0 Å². The van der Waals surface area contributed by atoms with E-state index in [4.69, 9.17) is 11.6 Å². The van der Waals surface area contributed by atoms with Crippen LogP contribution in [0.5, 0.6) is 5.75 Å². The molecule has 7 heteroatoms. The van der Waals surface area contributed by atoms with E-state index in [0.29, 0.717) is 16.1 Å². The summed E-state index contributed by atoms with van der Waals surface area (Å²) < 4.78 is 20.5. The van der Waals surface area contributed by atoms with Gasteiger partial charge in [-0.25, -0.2) is 4.39 Å². The molecule has 1 aliphatic heterocycles. The van der Waals surface area contributed by atoms with Crippen LogP contribution >= 0.6 is 23.1 Å². The lowest BCUT2D eigenvalue weighted by Crippen LogP contribution is -2.56. The molecule has 170 valence electrons. The molecular formula is C26H25ClFN3OS. The Kier molecular flexibility index (Phi) is 5.77. The van der Waals surface area contributed by atoms with Crippen LogP contribution in [-0.2, 0) is 0 Å². The summed E-state index contributed by atoms with van der Waals surface area (Å²) >= 11 is 8.03. The molecule has 4 aromatic rings. The highest BCUT2D eigenvalue weighted by Crippen LogP contribution is 2.44. The number of benzene rings is 3. The van der Waals surface area contributed by atoms with Gasteiger partial charge < -0.3 is 10.0 Å². The van der Waals surface area contributed by atoms with Gasteiger partial charge in [0.25, 0.3) is 0 Å². The minimum atomic E-state index is -0.457. The van der Waals surface area contributed by atoms with Crippen molar-refractivity contribution in [2.45, 2.75) is 25.9 Å². The van der Waals surface area contributed by atoms with Crippen LogP contribution in [-0.4, -0.2) is 46.1 Å². The summed E-state index contributed by atoms with van der Waals surface area (Å²) in [6.45, 7) is 10.9. The predicted molar refractivity (Wildman–Crippen MR) is 137 cm³/mol. The first-order chi connectivity index (χ1) is 15.9. The van der Waals surface area contributed by atoms with E-state index in [9.17, 15) is 5.11 Å². The predicted octanol–water partition coefficient (Wildman–Crippen LogP) is 6.70. The number of rotatable bonds is 4. The summed E-state index contributed by atoms with van der Waals surface area (Å²) in [5.74, 6) is -0.389. The molecule has 1 saturated heterocycles. The number of aromatic nitrogens is 1. The van der Waals surface area contributed by atoms with E-state index in [1.165, 1.54) is 11.5 Å². The molecule has 1 fully saturated rings. The van der Waals surface area contributed by atoms with Gasteiger partial charge in [-0.3, -0.25) is 4.90 Å². The van der Waals surface area contributed by atoms with E-state index in [1.807, 2.05) is 36.4 Å². The van der Waals surface area contributed by atoms with Crippen LogP contribution in [0.2, 0.25) is 5.02 Å². The second-order valence-corrected chi connectivity index (χ2v) is 9.92. The molecule has 5 rings (SSSR count). The summed E-state index contributed by atoms with van der Waals surface area (Å²) in [4.78, 5) is 4.71. The Hall–Kier alpha value is -2.67. The van der Waals surface area contributed by atoms with Gasteiger partial charge in [0.15, 0.2) is 5.82 Å². The van der Waals surface area contributed by atoms with Crippen LogP contribution in [0.25, 0.3) is 32.8 Å². The summed E-state index contributed by atoms with van der Waals surface area (Å²) in [7, 11) is 0. The number of hydrogen-bond acceptors (Lipinski definition) is 5. The lowest BCUT2D eigenvalue weighted by molar-refractivity contribution is 0.220. The minimum Gasteiger partial charge on any atom is -0.508 e. The van der Waals surface area contributed by atoms with Crippen LogP contribution < -0.4 is 4.90 Å². The number of nitrogens with zero attached hydrogens (tertiary/aromatic N) is 3. The molecule has 0 amide bonds. The molecule has 0 aliphatic carbocycles. The Morgan fingerprint density at radius 1 is 1.18 bits per heavy atom. The molecular weight excluding hydrogens is 457 g/mol. The molecule has 1 aromatic heterocycles. The van der Waals surface area contributed by atoms with Crippen LogP contribution in [0.3, 0.4) is 0 Å². The SMILES string of the molecule is C=CCN1C[C@@H](C)N(c2snc3c(F)c(-c4cc(O)cc5ccccc45)c(Cl)cc23)[C@H](C)C1. The Morgan fingerprint density at radius 3 is 2.64 bits per heavy atom. The Labute approximate surface area is 201 Å². The largest absolute Gasteiger partial charge is 0.508 e. The maximum Gasteiger partial charge on any atom is 0.159 e. The number of hydrogen-bond donors (Lipinski definition) is 1. The van der Waals surface area contributed by atoms with E-state index < -0.39 is 5.82 Å². The molecule has 0 saturated carbocycles. The quantitative estimate of drug-likeness (QED) is 0.329.